The van der Waals surface area contributed by atoms with Crippen molar-refractivity contribution < 1.29 is 14.3 Å². The van der Waals surface area contributed by atoms with Crippen LogP contribution in [0, 0.1) is 0 Å². The summed E-state index contributed by atoms with van der Waals surface area (Å²) in [5, 5.41) is 4.70. The molecule has 1 amide bonds. The minimum atomic E-state index is -0.316. The molecule has 8 heteroatoms. The van der Waals surface area contributed by atoms with Crippen molar-refractivity contribution in [3.8, 4) is 0 Å². The van der Waals surface area contributed by atoms with Gasteiger partial charge in [-0.2, -0.15) is 4.68 Å². The van der Waals surface area contributed by atoms with E-state index in [9.17, 15) is 9.59 Å². The van der Waals surface area contributed by atoms with Crippen molar-refractivity contribution in [3.05, 3.63) is 5.82 Å². The first-order valence-corrected chi connectivity index (χ1v) is 8.36. The summed E-state index contributed by atoms with van der Waals surface area (Å²) in [7, 11) is 3.30. The SMILES string of the molecule is CCCOC(=O)CSc1nc(C(C)CC)nn1C(=O)N(C)C. The average Bonchev–Trinajstić information content (AvgIpc) is 2.93. The molecule has 0 spiro atoms. The van der Waals surface area contributed by atoms with Crippen LogP contribution in [0.15, 0.2) is 5.16 Å². The number of carbonyl (C=O) groups excluding carboxylic acids is 2. The Morgan fingerprint density at radius 2 is 2.05 bits per heavy atom. The fourth-order valence-electron chi connectivity index (χ4n) is 1.49. The van der Waals surface area contributed by atoms with Crippen molar-refractivity contribution in [3.63, 3.8) is 0 Å². The summed E-state index contributed by atoms with van der Waals surface area (Å²) in [4.78, 5) is 29.6. The molecule has 22 heavy (non-hydrogen) atoms. The Hall–Kier alpha value is -1.57. The highest BCUT2D eigenvalue weighted by atomic mass is 32.2. The predicted molar refractivity (Wildman–Crippen MR) is 85.2 cm³/mol. The van der Waals surface area contributed by atoms with Crippen molar-refractivity contribution in [1.29, 1.82) is 0 Å². The zero-order valence-corrected chi connectivity index (χ0v) is 14.6. The summed E-state index contributed by atoms with van der Waals surface area (Å²) in [6.45, 7) is 6.38. The van der Waals surface area contributed by atoms with Crippen LogP contribution in [0.2, 0.25) is 0 Å². The number of aromatic nitrogens is 3. The first-order chi connectivity index (χ1) is 10.4. The summed E-state index contributed by atoms with van der Waals surface area (Å²) in [6.07, 6.45) is 1.66. The van der Waals surface area contributed by atoms with Crippen LogP contribution in [0.1, 0.15) is 45.4 Å². The van der Waals surface area contributed by atoms with E-state index in [-0.39, 0.29) is 23.7 Å². The molecule has 0 aliphatic rings. The largest absolute Gasteiger partial charge is 0.465 e. The third-order valence-corrected chi connectivity index (χ3v) is 3.90. The molecule has 1 unspecified atom stereocenters. The molecule has 1 rings (SSSR count). The van der Waals surface area contributed by atoms with Crippen LogP contribution in [-0.2, 0) is 9.53 Å². The number of carbonyl (C=O) groups is 2. The van der Waals surface area contributed by atoms with Crippen LogP contribution < -0.4 is 0 Å². The van der Waals surface area contributed by atoms with Crippen LogP contribution in [0.5, 0.6) is 0 Å². The second-order valence-corrected chi connectivity index (χ2v) is 6.10. The molecular formula is C14H24N4O3S. The zero-order chi connectivity index (χ0) is 16.7. The maximum atomic E-state index is 12.2. The number of nitrogens with zero attached hydrogens (tertiary/aromatic N) is 4. The minimum Gasteiger partial charge on any atom is -0.465 e. The Kier molecular flexibility index (Phi) is 7.37. The molecule has 1 atom stereocenters. The molecule has 0 saturated heterocycles. The number of amides is 1. The maximum Gasteiger partial charge on any atom is 0.346 e. The van der Waals surface area contributed by atoms with Crippen LogP contribution >= 0.6 is 11.8 Å². The fraction of sp³-hybridized carbons (Fsp3) is 0.714. The maximum absolute atomic E-state index is 12.2. The molecule has 1 aromatic heterocycles. The second kappa shape index (κ2) is 8.77. The molecule has 0 fully saturated rings. The molecule has 1 heterocycles. The molecule has 124 valence electrons. The smallest absolute Gasteiger partial charge is 0.346 e. The molecular weight excluding hydrogens is 304 g/mol. The molecule has 0 aliphatic carbocycles. The number of hydrogen-bond acceptors (Lipinski definition) is 6. The predicted octanol–water partition coefficient (Wildman–Crippen LogP) is 2.37. The van der Waals surface area contributed by atoms with E-state index in [2.05, 4.69) is 10.1 Å². The lowest BCUT2D eigenvalue weighted by Gasteiger charge is -2.10. The molecule has 7 nitrogen and oxygen atoms in total. The van der Waals surface area contributed by atoms with Gasteiger partial charge in [-0.15, -0.1) is 5.10 Å². The average molecular weight is 328 g/mol. The van der Waals surface area contributed by atoms with Crippen molar-refractivity contribution >= 4 is 23.8 Å². The van der Waals surface area contributed by atoms with Crippen molar-refractivity contribution in [2.24, 2.45) is 0 Å². The third kappa shape index (κ3) is 5.01. The van der Waals surface area contributed by atoms with E-state index in [4.69, 9.17) is 4.74 Å². The van der Waals surface area contributed by atoms with Gasteiger partial charge in [0.05, 0.1) is 12.4 Å². The van der Waals surface area contributed by atoms with E-state index in [0.29, 0.717) is 17.6 Å². The van der Waals surface area contributed by atoms with Gasteiger partial charge in [0.2, 0.25) is 0 Å². The first kappa shape index (κ1) is 18.5. The van der Waals surface area contributed by atoms with Gasteiger partial charge >= 0.3 is 12.0 Å². The molecule has 0 bridgehead atoms. The van der Waals surface area contributed by atoms with Gasteiger partial charge in [0, 0.05) is 20.0 Å². The number of rotatable bonds is 7. The summed E-state index contributed by atoms with van der Waals surface area (Å²) in [5.41, 5.74) is 0. The first-order valence-electron chi connectivity index (χ1n) is 7.37. The zero-order valence-electron chi connectivity index (χ0n) is 13.8. The van der Waals surface area contributed by atoms with E-state index in [1.165, 1.54) is 21.3 Å². The summed E-state index contributed by atoms with van der Waals surface area (Å²) >= 11 is 1.17. The quantitative estimate of drug-likeness (QED) is 0.565. The number of hydrogen-bond donors (Lipinski definition) is 0. The Bertz CT molecular complexity index is 516. The van der Waals surface area contributed by atoms with Crippen molar-refractivity contribution in [2.45, 2.75) is 44.7 Å². The lowest BCUT2D eigenvalue weighted by atomic mass is 10.1. The van der Waals surface area contributed by atoms with E-state index >= 15 is 0 Å². The molecule has 0 N–H and O–H groups in total. The van der Waals surface area contributed by atoms with Gasteiger partial charge in [-0.1, -0.05) is 32.5 Å². The van der Waals surface area contributed by atoms with Gasteiger partial charge in [-0.05, 0) is 12.8 Å². The summed E-state index contributed by atoms with van der Waals surface area (Å²) < 4.78 is 6.27. The minimum absolute atomic E-state index is 0.110. The normalized spacial score (nSPS) is 12.0. The number of esters is 1. The Morgan fingerprint density at radius 3 is 2.59 bits per heavy atom. The molecule has 1 aromatic rings. The number of ether oxygens (including phenoxy) is 1. The van der Waals surface area contributed by atoms with E-state index in [0.717, 1.165) is 12.8 Å². The van der Waals surface area contributed by atoms with Gasteiger partial charge in [0.15, 0.2) is 11.0 Å². The highest BCUT2D eigenvalue weighted by molar-refractivity contribution is 7.99. The van der Waals surface area contributed by atoms with Crippen LogP contribution in [0.3, 0.4) is 0 Å². The van der Waals surface area contributed by atoms with Gasteiger partial charge in [-0.3, -0.25) is 4.79 Å². The van der Waals surface area contributed by atoms with Gasteiger partial charge in [0.1, 0.15) is 0 Å². The van der Waals surface area contributed by atoms with Crippen LogP contribution in [0.4, 0.5) is 4.79 Å². The molecule has 0 saturated carbocycles. The second-order valence-electron chi connectivity index (χ2n) is 5.16. The topological polar surface area (TPSA) is 77.3 Å². The Labute approximate surface area is 135 Å². The Morgan fingerprint density at radius 1 is 1.36 bits per heavy atom. The van der Waals surface area contributed by atoms with Crippen molar-refractivity contribution in [2.75, 3.05) is 26.5 Å². The molecule has 0 aliphatic heterocycles. The van der Waals surface area contributed by atoms with Crippen molar-refractivity contribution in [1.82, 2.24) is 19.7 Å². The molecule has 0 radical (unpaired) electrons. The fourth-order valence-corrected chi connectivity index (χ4v) is 2.22. The van der Waals surface area contributed by atoms with Gasteiger partial charge in [-0.25, -0.2) is 9.78 Å². The van der Waals surface area contributed by atoms with Gasteiger partial charge in [0.25, 0.3) is 0 Å². The van der Waals surface area contributed by atoms with Crippen LogP contribution in [0.25, 0.3) is 0 Å². The molecule has 0 aromatic carbocycles. The lowest BCUT2D eigenvalue weighted by molar-refractivity contribution is -0.140. The summed E-state index contributed by atoms with van der Waals surface area (Å²) in [6, 6.07) is -0.286. The highest BCUT2D eigenvalue weighted by Gasteiger charge is 2.21. The summed E-state index contributed by atoms with van der Waals surface area (Å²) in [5.74, 6) is 0.563. The van der Waals surface area contributed by atoms with Crippen LogP contribution in [-0.4, -0.2) is 58.1 Å². The van der Waals surface area contributed by atoms with E-state index < -0.39 is 0 Å². The monoisotopic (exact) mass is 328 g/mol. The highest BCUT2D eigenvalue weighted by Crippen LogP contribution is 2.21. The Balaban J connectivity index is 2.88. The third-order valence-electron chi connectivity index (χ3n) is 3.00. The van der Waals surface area contributed by atoms with E-state index in [1.807, 2.05) is 20.8 Å². The van der Waals surface area contributed by atoms with Gasteiger partial charge < -0.3 is 9.64 Å². The number of thioether (sulfide) groups is 1. The standard InChI is InChI=1S/C14H24N4O3S/c1-6-8-21-11(19)9-22-13-15-12(10(3)7-2)16-18(13)14(20)17(4)5/h10H,6-9H2,1-5H3. The lowest BCUT2D eigenvalue weighted by Crippen LogP contribution is -2.29. The van der Waals surface area contributed by atoms with E-state index in [1.54, 1.807) is 14.1 Å².